The van der Waals surface area contributed by atoms with E-state index in [2.05, 4.69) is 11.6 Å². The van der Waals surface area contributed by atoms with Crippen molar-refractivity contribution < 1.29 is 9.00 Å². The standard InChI is InChI=1S/C17H23NO2S/c1-3-4-7-16(15-6-5-8-17(15)19)18-21(20)14-11-9-13(2)10-12-14/h6,9-12,16,18H,3-5,7-8H2,1-2H3/t16-,21?/m1/s1. The Morgan fingerprint density at radius 2 is 2.00 bits per heavy atom. The predicted molar refractivity (Wildman–Crippen MR) is 86.4 cm³/mol. The lowest BCUT2D eigenvalue weighted by Crippen LogP contribution is -2.34. The van der Waals surface area contributed by atoms with Gasteiger partial charge in [-0.1, -0.05) is 43.5 Å². The van der Waals surface area contributed by atoms with Gasteiger partial charge in [0.15, 0.2) is 5.78 Å². The summed E-state index contributed by atoms with van der Waals surface area (Å²) in [6.07, 6.45) is 6.35. The van der Waals surface area contributed by atoms with Crippen molar-refractivity contribution in [3.63, 3.8) is 0 Å². The van der Waals surface area contributed by atoms with Crippen LogP contribution in [0.4, 0.5) is 0 Å². The molecule has 1 N–H and O–H groups in total. The lowest BCUT2D eigenvalue weighted by Gasteiger charge is -2.18. The van der Waals surface area contributed by atoms with Crippen molar-refractivity contribution in [1.29, 1.82) is 0 Å². The van der Waals surface area contributed by atoms with Crippen LogP contribution in [0.25, 0.3) is 0 Å². The van der Waals surface area contributed by atoms with E-state index in [1.54, 1.807) is 0 Å². The summed E-state index contributed by atoms with van der Waals surface area (Å²) in [5.41, 5.74) is 1.97. The van der Waals surface area contributed by atoms with Gasteiger partial charge in [-0.15, -0.1) is 0 Å². The van der Waals surface area contributed by atoms with Crippen LogP contribution in [0, 0.1) is 6.92 Å². The smallest absolute Gasteiger partial charge is 0.160 e. The average Bonchev–Trinajstić information content (AvgIpc) is 2.90. The van der Waals surface area contributed by atoms with Gasteiger partial charge in [0.25, 0.3) is 0 Å². The fourth-order valence-electron chi connectivity index (χ4n) is 2.50. The van der Waals surface area contributed by atoms with Gasteiger partial charge in [-0.25, -0.2) is 8.93 Å². The molecule has 0 radical (unpaired) electrons. The molecule has 1 aliphatic carbocycles. The summed E-state index contributed by atoms with van der Waals surface area (Å²) in [5, 5.41) is 0. The largest absolute Gasteiger partial charge is 0.294 e. The molecule has 4 heteroatoms. The molecule has 114 valence electrons. The maximum atomic E-state index is 12.5. The SMILES string of the molecule is CCCC[C@@H](NS(=O)c1ccc(C)cc1)C1=CCCC1=O. The summed E-state index contributed by atoms with van der Waals surface area (Å²) in [5.74, 6) is 0.199. The molecule has 1 aliphatic rings. The van der Waals surface area contributed by atoms with Gasteiger partial charge in [-0.2, -0.15) is 0 Å². The summed E-state index contributed by atoms with van der Waals surface area (Å²) in [6, 6.07) is 7.56. The molecule has 2 atom stereocenters. The number of carbonyl (C=O) groups excluding carboxylic acids is 1. The molecule has 0 fully saturated rings. The molecule has 0 amide bonds. The highest BCUT2D eigenvalue weighted by molar-refractivity contribution is 7.83. The third-order valence-electron chi connectivity index (χ3n) is 3.76. The summed E-state index contributed by atoms with van der Waals surface area (Å²) in [4.78, 5) is 12.7. The zero-order valence-corrected chi connectivity index (χ0v) is 13.5. The number of carbonyl (C=O) groups is 1. The van der Waals surface area contributed by atoms with Crippen LogP contribution in [-0.2, 0) is 15.8 Å². The molecule has 0 saturated heterocycles. The van der Waals surface area contributed by atoms with E-state index in [4.69, 9.17) is 0 Å². The van der Waals surface area contributed by atoms with Crippen LogP contribution in [0.15, 0.2) is 40.8 Å². The molecule has 21 heavy (non-hydrogen) atoms. The fraction of sp³-hybridized carbons (Fsp3) is 0.471. The average molecular weight is 305 g/mol. The molecule has 0 aliphatic heterocycles. The quantitative estimate of drug-likeness (QED) is 0.838. The minimum absolute atomic E-state index is 0.0953. The van der Waals surface area contributed by atoms with Crippen molar-refractivity contribution in [2.24, 2.45) is 0 Å². The maximum Gasteiger partial charge on any atom is 0.160 e. The van der Waals surface area contributed by atoms with E-state index in [0.717, 1.165) is 41.7 Å². The first-order chi connectivity index (χ1) is 10.1. The third kappa shape index (κ3) is 4.35. The number of benzene rings is 1. The Labute approximate surface area is 129 Å². The first kappa shape index (κ1) is 16.1. The number of aryl methyl sites for hydroxylation is 1. The van der Waals surface area contributed by atoms with Crippen molar-refractivity contribution in [1.82, 2.24) is 4.72 Å². The minimum atomic E-state index is -1.28. The second-order valence-electron chi connectivity index (χ2n) is 5.52. The summed E-state index contributed by atoms with van der Waals surface area (Å²) >= 11 is 0. The van der Waals surface area contributed by atoms with Gasteiger partial charge >= 0.3 is 0 Å². The maximum absolute atomic E-state index is 12.5. The first-order valence-electron chi connectivity index (χ1n) is 7.59. The number of hydrogen-bond acceptors (Lipinski definition) is 2. The van der Waals surface area contributed by atoms with Crippen LogP contribution in [0.5, 0.6) is 0 Å². The molecule has 0 saturated carbocycles. The summed E-state index contributed by atoms with van der Waals surface area (Å²) < 4.78 is 15.6. The van der Waals surface area contributed by atoms with E-state index in [0.29, 0.717) is 6.42 Å². The molecule has 0 aromatic heterocycles. The highest BCUT2D eigenvalue weighted by Gasteiger charge is 2.25. The molecule has 0 spiro atoms. The molecule has 1 aromatic rings. The van der Waals surface area contributed by atoms with E-state index < -0.39 is 11.0 Å². The van der Waals surface area contributed by atoms with E-state index in [1.165, 1.54) is 0 Å². The highest BCUT2D eigenvalue weighted by atomic mass is 32.2. The van der Waals surface area contributed by atoms with Crippen molar-refractivity contribution in [2.45, 2.75) is 56.9 Å². The predicted octanol–water partition coefficient (Wildman–Crippen LogP) is 3.46. The van der Waals surface area contributed by atoms with Crippen molar-refractivity contribution in [2.75, 3.05) is 0 Å². The Balaban J connectivity index is 2.09. The summed E-state index contributed by atoms with van der Waals surface area (Å²) in [7, 11) is -1.28. The van der Waals surface area contributed by atoms with E-state index >= 15 is 0 Å². The number of rotatable bonds is 7. The molecule has 0 heterocycles. The van der Waals surface area contributed by atoms with E-state index in [-0.39, 0.29) is 11.8 Å². The zero-order chi connectivity index (χ0) is 15.2. The molecule has 1 aromatic carbocycles. The number of ketones is 1. The van der Waals surface area contributed by atoms with Crippen molar-refractivity contribution in [3.8, 4) is 0 Å². The first-order valence-corrected chi connectivity index (χ1v) is 8.74. The van der Waals surface area contributed by atoms with Gasteiger partial charge in [0, 0.05) is 18.0 Å². The van der Waals surface area contributed by atoms with Crippen LogP contribution >= 0.6 is 0 Å². The topological polar surface area (TPSA) is 46.2 Å². The Kier molecular flexibility index (Phi) is 5.88. The Hall–Kier alpha value is -1.26. The third-order valence-corrected chi connectivity index (χ3v) is 4.96. The Morgan fingerprint density at radius 1 is 1.29 bits per heavy atom. The van der Waals surface area contributed by atoms with Gasteiger partial charge in [0.2, 0.25) is 0 Å². The monoisotopic (exact) mass is 305 g/mol. The van der Waals surface area contributed by atoms with Gasteiger partial charge in [-0.3, -0.25) is 4.79 Å². The van der Waals surface area contributed by atoms with Gasteiger partial charge in [0.05, 0.1) is 4.90 Å². The van der Waals surface area contributed by atoms with Crippen LogP contribution in [0.3, 0.4) is 0 Å². The highest BCUT2D eigenvalue weighted by Crippen LogP contribution is 2.22. The number of nitrogens with one attached hydrogen (secondary N) is 1. The second kappa shape index (κ2) is 7.66. The van der Waals surface area contributed by atoms with E-state index in [9.17, 15) is 9.00 Å². The summed E-state index contributed by atoms with van der Waals surface area (Å²) in [6.45, 7) is 4.13. The normalized spacial score (nSPS) is 17.6. The Bertz CT molecular complexity index is 548. The molecular formula is C17H23NO2S. The molecule has 1 unspecified atom stereocenters. The van der Waals surface area contributed by atoms with Crippen molar-refractivity contribution in [3.05, 3.63) is 41.5 Å². The molecule has 2 rings (SSSR count). The Morgan fingerprint density at radius 3 is 2.57 bits per heavy atom. The van der Waals surface area contributed by atoms with Crippen LogP contribution in [0.1, 0.15) is 44.6 Å². The number of unbranched alkanes of at least 4 members (excludes halogenated alkanes) is 1. The number of hydrogen-bond donors (Lipinski definition) is 1. The van der Waals surface area contributed by atoms with Gasteiger partial charge in [0.1, 0.15) is 11.0 Å². The number of allylic oxidation sites excluding steroid dienone is 1. The fourth-order valence-corrected chi connectivity index (χ4v) is 3.52. The van der Waals surface area contributed by atoms with E-state index in [1.807, 2.05) is 37.3 Å². The lowest BCUT2D eigenvalue weighted by atomic mass is 10.0. The second-order valence-corrected chi connectivity index (χ2v) is 6.76. The van der Waals surface area contributed by atoms with Gasteiger partial charge < -0.3 is 0 Å². The molecular weight excluding hydrogens is 282 g/mol. The van der Waals surface area contributed by atoms with Crippen LogP contribution < -0.4 is 4.72 Å². The zero-order valence-electron chi connectivity index (χ0n) is 12.7. The number of Topliss-reactive ketones (excluding diaryl/α,β-unsaturated/α-hetero) is 1. The van der Waals surface area contributed by atoms with Crippen molar-refractivity contribution >= 4 is 16.8 Å². The molecule has 3 nitrogen and oxygen atoms in total. The molecule has 0 bridgehead atoms. The van der Waals surface area contributed by atoms with Crippen LogP contribution in [0.2, 0.25) is 0 Å². The minimum Gasteiger partial charge on any atom is -0.294 e. The lowest BCUT2D eigenvalue weighted by molar-refractivity contribution is -0.115. The van der Waals surface area contributed by atoms with Crippen LogP contribution in [-0.4, -0.2) is 16.0 Å². The van der Waals surface area contributed by atoms with Gasteiger partial charge in [-0.05, 0) is 31.9 Å².